The zero-order valence-corrected chi connectivity index (χ0v) is 20.4. The Morgan fingerprint density at radius 2 is 1.64 bits per heavy atom. The molecule has 1 heterocycles. The molecule has 0 aliphatic carbocycles. The quantitative estimate of drug-likeness (QED) is 0.492. The summed E-state index contributed by atoms with van der Waals surface area (Å²) in [5.41, 5.74) is 3.53. The van der Waals surface area contributed by atoms with Gasteiger partial charge in [-0.3, -0.25) is 24.1 Å². The molecule has 4 rings (SSSR count). The summed E-state index contributed by atoms with van der Waals surface area (Å²) < 4.78 is 0. The number of rotatable bonds is 6. The van der Waals surface area contributed by atoms with Crippen LogP contribution in [0.5, 0.6) is 0 Å². The van der Waals surface area contributed by atoms with Gasteiger partial charge < -0.3 is 16.0 Å². The number of carbonyl (C=O) groups excluding carboxylic acids is 4. The summed E-state index contributed by atoms with van der Waals surface area (Å²) in [6.07, 6.45) is 0. The highest BCUT2D eigenvalue weighted by atomic mass is 16.2. The molecular formula is C28H28N4O4. The van der Waals surface area contributed by atoms with Gasteiger partial charge in [-0.05, 0) is 61.4 Å². The lowest BCUT2D eigenvalue weighted by Crippen LogP contribution is -2.47. The van der Waals surface area contributed by atoms with Crippen molar-refractivity contribution in [1.82, 2.24) is 5.32 Å². The molecule has 0 bridgehead atoms. The van der Waals surface area contributed by atoms with Gasteiger partial charge in [0.1, 0.15) is 12.6 Å². The fraction of sp³-hybridized carbons (Fsp3) is 0.214. The third kappa shape index (κ3) is 5.43. The maximum absolute atomic E-state index is 13.1. The van der Waals surface area contributed by atoms with Gasteiger partial charge in [-0.25, -0.2) is 0 Å². The molecule has 0 saturated carbocycles. The first kappa shape index (κ1) is 24.7. The first-order valence-electron chi connectivity index (χ1n) is 11.7. The molecule has 3 aromatic carbocycles. The fourth-order valence-electron chi connectivity index (χ4n) is 4.03. The van der Waals surface area contributed by atoms with E-state index in [4.69, 9.17) is 0 Å². The van der Waals surface area contributed by atoms with Crippen LogP contribution in [0.15, 0.2) is 72.8 Å². The second-order valence-electron chi connectivity index (χ2n) is 9.09. The number of anilines is 3. The maximum Gasteiger partial charge on any atom is 0.258 e. The van der Waals surface area contributed by atoms with Crippen LogP contribution >= 0.6 is 0 Å². The van der Waals surface area contributed by atoms with Crippen LogP contribution in [-0.2, 0) is 9.59 Å². The molecule has 4 amide bonds. The molecule has 1 aliphatic rings. The van der Waals surface area contributed by atoms with Gasteiger partial charge in [0.2, 0.25) is 11.8 Å². The van der Waals surface area contributed by atoms with E-state index in [1.807, 2.05) is 26.8 Å². The second-order valence-corrected chi connectivity index (χ2v) is 9.09. The first-order valence-corrected chi connectivity index (χ1v) is 11.7. The van der Waals surface area contributed by atoms with E-state index in [1.165, 1.54) is 4.90 Å². The molecule has 8 nitrogen and oxygen atoms in total. The third-order valence-electron chi connectivity index (χ3n) is 5.93. The number of nitrogens with zero attached hydrogens (tertiary/aromatic N) is 1. The Kier molecular flexibility index (Phi) is 7.15. The van der Waals surface area contributed by atoms with Gasteiger partial charge in [0, 0.05) is 16.8 Å². The van der Waals surface area contributed by atoms with Gasteiger partial charge >= 0.3 is 0 Å². The lowest BCUT2D eigenvalue weighted by atomic mass is 10.0. The van der Waals surface area contributed by atoms with Gasteiger partial charge in [0.25, 0.3) is 11.8 Å². The van der Waals surface area contributed by atoms with Crippen molar-refractivity contribution in [3.63, 3.8) is 0 Å². The van der Waals surface area contributed by atoms with Crippen molar-refractivity contribution in [2.45, 2.75) is 26.8 Å². The van der Waals surface area contributed by atoms with Crippen LogP contribution < -0.4 is 20.9 Å². The van der Waals surface area contributed by atoms with E-state index in [-0.39, 0.29) is 36.1 Å². The maximum atomic E-state index is 13.1. The number of fused-ring (bicyclic) bond motifs is 1. The van der Waals surface area contributed by atoms with Crippen molar-refractivity contribution in [2.24, 2.45) is 5.92 Å². The standard InChI is InChI=1S/C28H28N4O4/c1-17(2)25(31-26(34)20-8-6-7-18(3)15-20)27(35)29-21-13-11-19(12-14-21)28(36)32-16-24(33)30-22-9-4-5-10-23(22)32/h4-15,17,25H,16H2,1-3H3,(H,29,35)(H,30,33)(H,31,34). The minimum absolute atomic E-state index is 0.0783. The minimum atomic E-state index is -0.748. The highest BCUT2D eigenvalue weighted by Gasteiger charge is 2.28. The summed E-state index contributed by atoms with van der Waals surface area (Å²) in [6.45, 7) is 5.53. The predicted octanol–water partition coefficient (Wildman–Crippen LogP) is 3.99. The van der Waals surface area contributed by atoms with E-state index < -0.39 is 6.04 Å². The summed E-state index contributed by atoms with van der Waals surface area (Å²) >= 11 is 0. The third-order valence-corrected chi connectivity index (χ3v) is 5.93. The largest absolute Gasteiger partial charge is 0.340 e. The van der Waals surface area contributed by atoms with Crippen molar-refractivity contribution >= 4 is 40.7 Å². The van der Waals surface area contributed by atoms with Crippen LogP contribution in [0, 0.1) is 12.8 Å². The number of benzene rings is 3. The Morgan fingerprint density at radius 3 is 2.33 bits per heavy atom. The molecule has 0 fully saturated rings. The van der Waals surface area contributed by atoms with Gasteiger partial charge in [-0.1, -0.05) is 43.7 Å². The molecule has 3 N–H and O–H groups in total. The molecule has 3 aromatic rings. The smallest absolute Gasteiger partial charge is 0.258 e. The molecule has 0 spiro atoms. The van der Waals surface area contributed by atoms with Crippen LogP contribution in [0.4, 0.5) is 17.1 Å². The average Bonchev–Trinajstić information content (AvgIpc) is 2.86. The van der Waals surface area contributed by atoms with Gasteiger partial charge in [-0.2, -0.15) is 0 Å². The number of hydrogen-bond donors (Lipinski definition) is 3. The monoisotopic (exact) mass is 484 g/mol. The number of para-hydroxylation sites is 2. The van der Waals surface area contributed by atoms with Crippen LogP contribution in [0.1, 0.15) is 40.1 Å². The molecule has 1 atom stereocenters. The molecule has 0 saturated heterocycles. The van der Waals surface area contributed by atoms with E-state index in [0.717, 1.165) is 5.56 Å². The van der Waals surface area contributed by atoms with E-state index >= 15 is 0 Å². The molecule has 1 unspecified atom stereocenters. The minimum Gasteiger partial charge on any atom is -0.340 e. The van der Waals surface area contributed by atoms with Crippen molar-refractivity contribution in [2.75, 3.05) is 22.1 Å². The van der Waals surface area contributed by atoms with Crippen LogP contribution in [0.25, 0.3) is 0 Å². The number of aryl methyl sites for hydroxylation is 1. The summed E-state index contributed by atoms with van der Waals surface area (Å²) in [5.74, 6) is -1.41. The van der Waals surface area contributed by atoms with Crippen molar-refractivity contribution in [1.29, 1.82) is 0 Å². The Labute approximate surface area is 209 Å². The Balaban J connectivity index is 1.45. The van der Waals surface area contributed by atoms with Gasteiger partial charge in [0.05, 0.1) is 11.4 Å². The molecule has 184 valence electrons. The lowest BCUT2D eigenvalue weighted by Gasteiger charge is -2.29. The molecule has 8 heteroatoms. The zero-order chi connectivity index (χ0) is 25.8. The summed E-state index contributed by atoms with van der Waals surface area (Å²) in [6, 6.07) is 20.0. The average molecular weight is 485 g/mol. The molecule has 0 aromatic heterocycles. The van der Waals surface area contributed by atoms with Crippen molar-refractivity contribution in [3.05, 3.63) is 89.5 Å². The van der Waals surface area contributed by atoms with E-state index in [0.29, 0.717) is 28.2 Å². The fourth-order valence-corrected chi connectivity index (χ4v) is 4.03. The zero-order valence-electron chi connectivity index (χ0n) is 20.4. The summed E-state index contributed by atoms with van der Waals surface area (Å²) in [7, 11) is 0. The Bertz CT molecular complexity index is 1320. The van der Waals surface area contributed by atoms with Gasteiger partial charge in [0.15, 0.2) is 0 Å². The van der Waals surface area contributed by atoms with E-state index in [1.54, 1.807) is 66.7 Å². The number of amides is 4. The topological polar surface area (TPSA) is 108 Å². The Hall–Kier alpha value is -4.46. The highest BCUT2D eigenvalue weighted by Crippen LogP contribution is 2.30. The van der Waals surface area contributed by atoms with E-state index in [9.17, 15) is 19.2 Å². The molecule has 0 radical (unpaired) electrons. The Morgan fingerprint density at radius 1 is 0.917 bits per heavy atom. The van der Waals surface area contributed by atoms with E-state index in [2.05, 4.69) is 16.0 Å². The van der Waals surface area contributed by atoms with Crippen LogP contribution in [0.2, 0.25) is 0 Å². The molecule has 36 heavy (non-hydrogen) atoms. The number of hydrogen-bond acceptors (Lipinski definition) is 4. The number of nitrogens with one attached hydrogen (secondary N) is 3. The molecule has 1 aliphatic heterocycles. The summed E-state index contributed by atoms with van der Waals surface area (Å²) in [4.78, 5) is 52.3. The number of carbonyl (C=O) groups is 4. The predicted molar refractivity (Wildman–Crippen MR) is 139 cm³/mol. The normalized spacial score (nSPS) is 13.4. The SMILES string of the molecule is Cc1cccc(C(=O)NC(C(=O)Nc2ccc(C(=O)N3CC(=O)Nc4ccccc43)cc2)C(C)C)c1. The van der Waals surface area contributed by atoms with Crippen molar-refractivity contribution < 1.29 is 19.2 Å². The van der Waals surface area contributed by atoms with Crippen molar-refractivity contribution in [3.8, 4) is 0 Å². The first-order chi connectivity index (χ1) is 17.2. The molecular weight excluding hydrogens is 456 g/mol. The van der Waals surface area contributed by atoms with Crippen LogP contribution in [-0.4, -0.2) is 36.2 Å². The van der Waals surface area contributed by atoms with Gasteiger partial charge in [-0.15, -0.1) is 0 Å². The lowest BCUT2D eigenvalue weighted by molar-refractivity contribution is -0.119. The van der Waals surface area contributed by atoms with Crippen LogP contribution in [0.3, 0.4) is 0 Å². The highest BCUT2D eigenvalue weighted by molar-refractivity contribution is 6.15. The summed E-state index contributed by atoms with van der Waals surface area (Å²) in [5, 5.41) is 8.40. The second kappa shape index (κ2) is 10.4.